The maximum absolute atomic E-state index is 12.1. The predicted octanol–water partition coefficient (Wildman–Crippen LogP) is 2.30. The molecule has 0 bridgehead atoms. The van der Waals surface area contributed by atoms with Crippen LogP contribution in [0, 0.1) is 6.92 Å². The van der Waals surface area contributed by atoms with Crippen LogP contribution < -0.4 is 10.9 Å². The number of fused-ring (bicyclic) bond motifs is 1. The minimum atomic E-state index is -0.552. The lowest BCUT2D eigenvalue weighted by atomic mass is 10.2. The molecule has 1 amide bonds. The van der Waals surface area contributed by atoms with Gasteiger partial charge < -0.3 is 14.6 Å². The third kappa shape index (κ3) is 3.80. The molecule has 26 heavy (non-hydrogen) atoms. The molecule has 8 heteroatoms. The Hall–Kier alpha value is -3.42. The highest BCUT2D eigenvalue weighted by Gasteiger charge is 2.11. The van der Waals surface area contributed by atoms with E-state index in [9.17, 15) is 14.4 Å². The third-order valence-corrected chi connectivity index (χ3v) is 3.60. The second-order valence-electron chi connectivity index (χ2n) is 5.64. The molecular weight excluding hydrogens is 338 g/mol. The number of amides is 1. The average Bonchev–Trinajstić information content (AvgIpc) is 3.01. The molecule has 0 unspecified atom stereocenters. The van der Waals surface area contributed by atoms with Crippen LogP contribution in [0.25, 0.3) is 5.65 Å². The molecule has 0 saturated carbocycles. The zero-order chi connectivity index (χ0) is 18.7. The fraction of sp³-hybridized carbons (Fsp3) is 0.222. The van der Waals surface area contributed by atoms with Crippen molar-refractivity contribution >= 4 is 23.2 Å². The number of aromatic nitrogens is 2. The smallest absolute Gasteiger partial charge is 0.338 e. The average molecular weight is 355 g/mol. The molecule has 2 heterocycles. The lowest BCUT2D eigenvalue weighted by Gasteiger charge is -2.06. The fourth-order valence-electron chi connectivity index (χ4n) is 2.31. The minimum Gasteiger partial charge on any atom is -0.456 e. The SMILES string of the molecule is CCC(=O)Nc1ccc(C(=O)OCc2cc(=O)n3oc(C)cc3n2)cc1. The summed E-state index contributed by atoms with van der Waals surface area (Å²) in [6.07, 6.45) is 0.372. The number of hydrogen-bond acceptors (Lipinski definition) is 6. The summed E-state index contributed by atoms with van der Waals surface area (Å²) >= 11 is 0. The summed E-state index contributed by atoms with van der Waals surface area (Å²) in [6, 6.07) is 9.23. The molecule has 2 aromatic heterocycles. The zero-order valence-corrected chi connectivity index (χ0v) is 14.3. The molecule has 0 aliphatic rings. The number of esters is 1. The summed E-state index contributed by atoms with van der Waals surface area (Å²) in [5.41, 5.74) is 1.23. The van der Waals surface area contributed by atoms with Gasteiger partial charge in [-0.25, -0.2) is 9.78 Å². The van der Waals surface area contributed by atoms with Crippen molar-refractivity contribution in [2.24, 2.45) is 0 Å². The van der Waals surface area contributed by atoms with Crippen LogP contribution in [0.1, 0.15) is 35.2 Å². The summed E-state index contributed by atoms with van der Waals surface area (Å²) in [4.78, 5) is 39.6. The van der Waals surface area contributed by atoms with Gasteiger partial charge in [-0.2, -0.15) is 0 Å². The van der Waals surface area contributed by atoms with E-state index in [1.165, 1.54) is 6.07 Å². The van der Waals surface area contributed by atoms with E-state index in [4.69, 9.17) is 9.26 Å². The van der Waals surface area contributed by atoms with Gasteiger partial charge >= 0.3 is 5.97 Å². The van der Waals surface area contributed by atoms with E-state index >= 15 is 0 Å². The monoisotopic (exact) mass is 355 g/mol. The molecule has 1 aromatic carbocycles. The van der Waals surface area contributed by atoms with E-state index in [0.717, 1.165) is 4.57 Å². The molecule has 0 aliphatic carbocycles. The van der Waals surface area contributed by atoms with E-state index in [1.54, 1.807) is 44.2 Å². The summed E-state index contributed by atoms with van der Waals surface area (Å²) in [7, 11) is 0. The Kier molecular flexibility index (Phi) is 4.83. The van der Waals surface area contributed by atoms with Gasteiger partial charge in [0.2, 0.25) is 5.91 Å². The Bertz CT molecular complexity index is 1020. The van der Waals surface area contributed by atoms with Crippen LogP contribution in [-0.4, -0.2) is 21.4 Å². The van der Waals surface area contributed by atoms with Crippen LogP contribution in [-0.2, 0) is 16.1 Å². The van der Waals surface area contributed by atoms with E-state index in [0.29, 0.717) is 34.8 Å². The van der Waals surface area contributed by atoms with Crippen LogP contribution in [0.2, 0.25) is 0 Å². The molecule has 8 nitrogen and oxygen atoms in total. The topological polar surface area (TPSA) is 103 Å². The lowest BCUT2D eigenvalue weighted by molar-refractivity contribution is -0.115. The van der Waals surface area contributed by atoms with Crippen molar-refractivity contribution in [3.63, 3.8) is 0 Å². The van der Waals surface area contributed by atoms with Gasteiger partial charge in [0.1, 0.15) is 12.4 Å². The number of carbonyl (C=O) groups excluding carboxylic acids is 2. The number of carbonyl (C=O) groups is 2. The molecule has 3 rings (SSSR count). The Morgan fingerprint density at radius 3 is 2.65 bits per heavy atom. The van der Waals surface area contributed by atoms with Gasteiger partial charge in [-0.1, -0.05) is 6.92 Å². The number of ether oxygens (including phenoxy) is 1. The maximum atomic E-state index is 12.1. The van der Waals surface area contributed by atoms with Crippen LogP contribution in [0.3, 0.4) is 0 Å². The normalized spacial score (nSPS) is 10.7. The molecular formula is C18H17N3O5. The molecule has 0 spiro atoms. The van der Waals surface area contributed by atoms with Gasteiger partial charge in [-0.3, -0.25) is 9.59 Å². The molecule has 0 fully saturated rings. The van der Waals surface area contributed by atoms with Crippen molar-refractivity contribution in [3.8, 4) is 0 Å². The van der Waals surface area contributed by atoms with Gasteiger partial charge in [0, 0.05) is 24.2 Å². The quantitative estimate of drug-likeness (QED) is 0.705. The summed E-state index contributed by atoms with van der Waals surface area (Å²) in [5.74, 6) is -0.106. The number of rotatable bonds is 5. The number of anilines is 1. The van der Waals surface area contributed by atoms with E-state index in [1.807, 2.05) is 0 Å². The summed E-state index contributed by atoms with van der Waals surface area (Å²) < 4.78 is 11.5. The molecule has 0 radical (unpaired) electrons. The van der Waals surface area contributed by atoms with Gasteiger partial charge in [0.25, 0.3) is 5.56 Å². The predicted molar refractivity (Wildman–Crippen MR) is 92.9 cm³/mol. The van der Waals surface area contributed by atoms with E-state index in [-0.39, 0.29) is 18.1 Å². The van der Waals surface area contributed by atoms with Gasteiger partial charge in [-0.15, -0.1) is 4.57 Å². The lowest BCUT2D eigenvalue weighted by Crippen LogP contribution is -2.15. The first-order valence-corrected chi connectivity index (χ1v) is 8.03. The number of benzene rings is 1. The maximum Gasteiger partial charge on any atom is 0.338 e. The Labute approximate surface area is 148 Å². The first-order chi connectivity index (χ1) is 12.5. The van der Waals surface area contributed by atoms with Gasteiger partial charge in [0.15, 0.2) is 5.65 Å². The molecule has 3 aromatic rings. The largest absolute Gasteiger partial charge is 0.456 e. The van der Waals surface area contributed by atoms with Crippen LogP contribution in [0.5, 0.6) is 0 Å². The molecule has 0 saturated heterocycles. The number of hydrogen-bond donors (Lipinski definition) is 1. The molecule has 0 aliphatic heterocycles. The highest BCUT2D eigenvalue weighted by Crippen LogP contribution is 2.12. The fourth-order valence-corrected chi connectivity index (χ4v) is 2.31. The molecule has 1 N–H and O–H groups in total. The Morgan fingerprint density at radius 2 is 1.96 bits per heavy atom. The van der Waals surface area contributed by atoms with E-state index in [2.05, 4.69) is 10.3 Å². The number of nitrogens with one attached hydrogen (secondary N) is 1. The van der Waals surface area contributed by atoms with Crippen molar-refractivity contribution in [2.45, 2.75) is 26.9 Å². The first-order valence-electron chi connectivity index (χ1n) is 8.03. The van der Waals surface area contributed by atoms with Crippen LogP contribution >= 0.6 is 0 Å². The van der Waals surface area contributed by atoms with Crippen molar-refractivity contribution in [1.29, 1.82) is 0 Å². The van der Waals surface area contributed by atoms with Crippen LogP contribution in [0.15, 0.2) is 45.7 Å². The Balaban J connectivity index is 1.67. The molecule has 0 atom stereocenters. The second-order valence-corrected chi connectivity index (χ2v) is 5.64. The van der Waals surface area contributed by atoms with Crippen molar-refractivity contribution in [3.05, 3.63) is 63.8 Å². The van der Waals surface area contributed by atoms with Gasteiger partial charge in [-0.05, 0) is 31.2 Å². The summed E-state index contributed by atoms with van der Waals surface area (Å²) in [5, 5.41) is 2.69. The summed E-state index contributed by atoms with van der Waals surface area (Å²) in [6.45, 7) is 3.33. The van der Waals surface area contributed by atoms with Crippen LogP contribution in [0.4, 0.5) is 5.69 Å². The second kappa shape index (κ2) is 7.22. The molecule has 134 valence electrons. The standard InChI is InChI=1S/C18H17N3O5/c1-3-16(22)20-13-6-4-12(5-7-13)18(24)25-10-14-9-17(23)21-15(19-14)8-11(2)26-21/h4-9H,3,10H2,1-2H3,(H,20,22). The number of nitrogens with zero attached hydrogens (tertiary/aromatic N) is 2. The van der Waals surface area contributed by atoms with Crippen molar-refractivity contribution in [1.82, 2.24) is 9.56 Å². The van der Waals surface area contributed by atoms with E-state index < -0.39 is 5.97 Å². The minimum absolute atomic E-state index is 0.109. The van der Waals surface area contributed by atoms with Crippen molar-refractivity contribution in [2.75, 3.05) is 5.32 Å². The highest BCUT2D eigenvalue weighted by molar-refractivity contribution is 5.92. The van der Waals surface area contributed by atoms with Crippen molar-refractivity contribution < 1.29 is 18.8 Å². The first kappa shape index (κ1) is 17.4. The highest BCUT2D eigenvalue weighted by atomic mass is 16.5. The number of aryl methyl sites for hydroxylation is 1. The Morgan fingerprint density at radius 1 is 1.23 bits per heavy atom. The zero-order valence-electron chi connectivity index (χ0n) is 14.3. The van der Waals surface area contributed by atoms with Gasteiger partial charge in [0.05, 0.1) is 11.3 Å². The third-order valence-electron chi connectivity index (χ3n) is 3.60.